The predicted molar refractivity (Wildman–Crippen MR) is 62.4 cm³/mol. The van der Waals surface area contributed by atoms with E-state index in [1.807, 2.05) is 12.1 Å². The van der Waals surface area contributed by atoms with Crippen LogP contribution in [0.5, 0.6) is 5.75 Å². The van der Waals surface area contributed by atoms with Gasteiger partial charge in [0.2, 0.25) is 0 Å². The van der Waals surface area contributed by atoms with Crippen molar-refractivity contribution in [2.24, 2.45) is 0 Å². The van der Waals surface area contributed by atoms with Gasteiger partial charge >= 0.3 is 0 Å². The normalized spacial score (nSPS) is 8.64. The minimum atomic E-state index is 0.322. The molecule has 0 bridgehead atoms. The van der Waals surface area contributed by atoms with Crippen LogP contribution in [0, 0.1) is 0 Å². The molecule has 1 aromatic carbocycles. The fourth-order valence-electron chi connectivity index (χ4n) is 0.967. The third-order valence-corrected chi connectivity index (χ3v) is 1.77. The number of phenolic OH excluding ortho intramolecular Hbond substituents is 1. The molecule has 0 fully saturated rings. The number of benzene rings is 1. The first-order valence-corrected chi connectivity index (χ1v) is 5.16. The van der Waals surface area contributed by atoms with Crippen molar-refractivity contribution in [2.75, 3.05) is 0 Å². The summed E-state index contributed by atoms with van der Waals surface area (Å²) in [7, 11) is 0. The molecule has 0 amide bonds. The molecule has 1 nitrogen and oxygen atoms in total. The zero-order chi connectivity index (χ0) is 10.6. The number of allylic oxidation sites excluding steroid dienone is 1. The first-order chi connectivity index (χ1) is 6.81. The number of phenols is 1. The van der Waals surface area contributed by atoms with Gasteiger partial charge in [-0.15, -0.1) is 6.58 Å². The van der Waals surface area contributed by atoms with E-state index >= 15 is 0 Å². The largest absolute Gasteiger partial charge is 0.508 e. The maximum atomic E-state index is 8.63. The third kappa shape index (κ3) is 8.85. The molecule has 0 aliphatic heterocycles. The van der Waals surface area contributed by atoms with E-state index in [4.69, 9.17) is 5.11 Å². The smallest absolute Gasteiger partial charge is 0.115 e. The highest BCUT2D eigenvalue weighted by molar-refractivity contribution is 5.18. The summed E-state index contributed by atoms with van der Waals surface area (Å²) < 4.78 is 0. The summed E-state index contributed by atoms with van der Waals surface area (Å²) in [4.78, 5) is 0. The Morgan fingerprint density at radius 2 is 1.86 bits per heavy atom. The Morgan fingerprint density at radius 3 is 2.21 bits per heavy atom. The van der Waals surface area contributed by atoms with Crippen molar-refractivity contribution in [3.63, 3.8) is 0 Å². The molecule has 0 heterocycles. The van der Waals surface area contributed by atoms with Crippen LogP contribution in [0.2, 0.25) is 0 Å². The van der Waals surface area contributed by atoms with Crippen LogP contribution in [0.4, 0.5) is 0 Å². The van der Waals surface area contributed by atoms with Crippen molar-refractivity contribution < 1.29 is 5.11 Å². The Kier molecular flexibility index (Phi) is 8.97. The number of rotatable bonds is 4. The van der Waals surface area contributed by atoms with E-state index in [1.54, 1.807) is 24.3 Å². The van der Waals surface area contributed by atoms with Crippen molar-refractivity contribution in [3.8, 4) is 5.75 Å². The van der Waals surface area contributed by atoms with E-state index < -0.39 is 0 Å². The van der Waals surface area contributed by atoms with Gasteiger partial charge in [0.1, 0.15) is 5.75 Å². The van der Waals surface area contributed by atoms with Gasteiger partial charge in [0.05, 0.1) is 0 Å². The van der Waals surface area contributed by atoms with Crippen LogP contribution >= 0.6 is 0 Å². The average Bonchev–Trinajstić information content (AvgIpc) is 2.21. The van der Waals surface area contributed by atoms with E-state index in [2.05, 4.69) is 13.5 Å². The Balaban J connectivity index is 0.000000241. The molecule has 1 aromatic rings. The van der Waals surface area contributed by atoms with E-state index in [0.29, 0.717) is 5.75 Å². The average molecular weight is 192 g/mol. The SMILES string of the molecule is C=CCCCCC.Oc1ccccc1. The maximum Gasteiger partial charge on any atom is 0.115 e. The first-order valence-electron chi connectivity index (χ1n) is 5.16. The molecule has 1 heteroatoms. The molecular formula is C13H20O. The molecule has 0 radical (unpaired) electrons. The molecule has 0 spiro atoms. The minimum Gasteiger partial charge on any atom is -0.508 e. The highest BCUT2D eigenvalue weighted by atomic mass is 16.3. The molecule has 0 aromatic heterocycles. The summed E-state index contributed by atoms with van der Waals surface area (Å²) >= 11 is 0. The second kappa shape index (κ2) is 9.85. The van der Waals surface area contributed by atoms with Crippen LogP contribution in [0.25, 0.3) is 0 Å². The van der Waals surface area contributed by atoms with Crippen molar-refractivity contribution in [3.05, 3.63) is 43.0 Å². The fourth-order valence-corrected chi connectivity index (χ4v) is 0.967. The van der Waals surface area contributed by atoms with Gasteiger partial charge in [0.25, 0.3) is 0 Å². The molecule has 1 rings (SSSR count). The zero-order valence-corrected chi connectivity index (χ0v) is 8.95. The van der Waals surface area contributed by atoms with Crippen molar-refractivity contribution >= 4 is 0 Å². The maximum absolute atomic E-state index is 8.63. The molecule has 0 aliphatic rings. The molecule has 14 heavy (non-hydrogen) atoms. The highest BCUT2D eigenvalue weighted by Crippen LogP contribution is 2.02. The molecule has 0 saturated heterocycles. The third-order valence-electron chi connectivity index (χ3n) is 1.77. The van der Waals surface area contributed by atoms with E-state index in [9.17, 15) is 0 Å². The van der Waals surface area contributed by atoms with Crippen molar-refractivity contribution in [1.82, 2.24) is 0 Å². The molecule has 1 N–H and O–H groups in total. The summed E-state index contributed by atoms with van der Waals surface area (Å²) in [5, 5.41) is 8.63. The van der Waals surface area contributed by atoms with Gasteiger partial charge in [-0.3, -0.25) is 0 Å². The quantitative estimate of drug-likeness (QED) is 0.561. The van der Waals surface area contributed by atoms with Gasteiger partial charge < -0.3 is 5.11 Å². The lowest BCUT2D eigenvalue weighted by atomic mass is 10.2. The standard InChI is InChI=1S/C7H14.C6H6O/c1-3-5-7-6-4-2;7-6-4-2-1-3-5-6/h3H,1,4-7H2,2H3;1-5,7H. The Bertz CT molecular complexity index is 216. The number of para-hydroxylation sites is 1. The summed E-state index contributed by atoms with van der Waals surface area (Å²) in [6, 6.07) is 8.71. The van der Waals surface area contributed by atoms with Crippen LogP contribution < -0.4 is 0 Å². The minimum absolute atomic E-state index is 0.322. The van der Waals surface area contributed by atoms with Gasteiger partial charge in [-0.1, -0.05) is 44.0 Å². The van der Waals surface area contributed by atoms with E-state index in [0.717, 1.165) is 0 Å². The van der Waals surface area contributed by atoms with Crippen molar-refractivity contribution in [2.45, 2.75) is 32.6 Å². The van der Waals surface area contributed by atoms with Gasteiger partial charge in [-0.05, 0) is 25.0 Å². The first kappa shape index (κ1) is 12.8. The van der Waals surface area contributed by atoms with Crippen LogP contribution in [0.15, 0.2) is 43.0 Å². The number of aromatic hydroxyl groups is 1. The summed E-state index contributed by atoms with van der Waals surface area (Å²) in [5.41, 5.74) is 0. The predicted octanol–water partition coefficient (Wildman–Crippen LogP) is 4.14. The van der Waals surface area contributed by atoms with Crippen molar-refractivity contribution in [1.29, 1.82) is 0 Å². The molecular weight excluding hydrogens is 172 g/mol. The number of hydrogen-bond donors (Lipinski definition) is 1. The Morgan fingerprint density at radius 1 is 1.21 bits per heavy atom. The molecule has 78 valence electrons. The van der Waals surface area contributed by atoms with E-state index in [-0.39, 0.29) is 0 Å². The lowest BCUT2D eigenvalue weighted by molar-refractivity contribution is 0.475. The zero-order valence-electron chi connectivity index (χ0n) is 8.95. The van der Waals surface area contributed by atoms with Crippen LogP contribution in [-0.2, 0) is 0 Å². The second-order valence-electron chi connectivity index (χ2n) is 3.12. The number of hydrogen-bond acceptors (Lipinski definition) is 1. The lowest BCUT2D eigenvalue weighted by Crippen LogP contribution is -1.67. The highest BCUT2D eigenvalue weighted by Gasteiger charge is 1.77. The van der Waals surface area contributed by atoms with Crippen LogP contribution in [0.1, 0.15) is 32.6 Å². The second-order valence-corrected chi connectivity index (χ2v) is 3.12. The van der Waals surface area contributed by atoms with Crippen LogP contribution in [-0.4, -0.2) is 5.11 Å². The topological polar surface area (TPSA) is 20.2 Å². The lowest BCUT2D eigenvalue weighted by Gasteiger charge is -1.87. The molecule has 0 atom stereocenters. The Labute approximate surface area is 87.1 Å². The number of unbranched alkanes of at least 4 members (excludes halogenated alkanes) is 3. The van der Waals surface area contributed by atoms with E-state index in [1.165, 1.54) is 25.7 Å². The van der Waals surface area contributed by atoms with Gasteiger partial charge in [0.15, 0.2) is 0 Å². The van der Waals surface area contributed by atoms with Gasteiger partial charge in [-0.2, -0.15) is 0 Å². The molecule has 0 saturated carbocycles. The summed E-state index contributed by atoms with van der Waals surface area (Å²) in [6.07, 6.45) is 7.16. The fraction of sp³-hybridized carbons (Fsp3) is 0.385. The monoisotopic (exact) mass is 192 g/mol. The van der Waals surface area contributed by atoms with Gasteiger partial charge in [-0.25, -0.2) is 0 Å². The van der Waals surface area contributed by atoms with Gasteiger partial charge in [0, 0.05) is 0 Å². The molecule has 0 aliphatic carbocycles. The van der Waals surface area contributed by atoms with Crippen LogP contribution in [0.3, 0.4) is 0 Å². The summed E-state index contributed by atoms with van der Waals surface area (Å²) in [6.45, 7) is 5.84. The molecule has 0 unspecified atom stereocenters. The summed E-state index contributed by atoms with van der Waals surface area (Å²) in [5.74, 6) is 0.322. The Hall–Kier alpha value is -1.24.